The monoisotopic (exact) mass is 304 g/mol. The van der Waals surface area contributed by atoms with Gasteiger partial charge in [-0.25, -0.2) is 0 Å². The van der Waals surface area contributed by atoms with Gasteiger partial charge < -0.3 is 9.84 Å². The molecule has 3 nitrogen and oxygen atoms in total. The van der Waals surface area contributed by atoms with Crippen LogP contribution in [0.4, 0.5) is 0 Å². The van der Waals surface area contributed by atoms with E-state index in [-0.39, 0.29) is 35.7 Å². The molecule has 3 heteroatoms. The van der Waals surface area contributed by atoms with Crippen LogP contribution in [0, 0.1) is 17.8 Å². The van der Waals surface area contributed by atoms with Crippen molar-refractivity contribution in [1.82, 2.24) is 0 Å². The van der Waals surface area contributed by atoms with Crippen LogP contribution in [0.2, 0.25) is 0 Å². The minimum Gasteiger partial charge on any atom is -0.389 e. The lowest BCUT2D eigenvalue weighted by Gasteiger charge is -2.49. The van der Waals surface area contributed by atoms with E-state index in [1.54, 1.807) is 0 Å². The van der Waals surface area contributed by atoms with Crippen molar-refractivity contribution in [1.29, 1.82) is 0 Å². The molecule has 22 heavy (non-hydrogen) atoms. The van der Waals surface area contributed by atoms with Gasteiger partial charge in [0.2, 0.25) is 0 Å². The average Bonchev–Trinajstić information content (AvgIpc) is 2.55. The maximum Gasteiger partial charge on any atom is 0.143 e. The third-order valence-corrected chi connectivity index (χ3v) is 5.60. The summed E-state index contributed by atoms with van der Waals surface area (Å²) in [5.41, 5.74) is 0.109. The van der Waals surface area contributed by atoms with E-state index >= 15 is 0 Å². The summed E-state index contributed by atoms with van der Waals surface area (Å²) in [6, 6.07) is 10.00. The Morgan fingerprint density at radius 1 is 1.23 bits per heavy atom. The minimum absolute atomic E-state index is 0.0774. The summed E-state index contributed by atoms with van der Waals surface area (Å²) in [5.74, 6) is -0.503. The maximum atomic E-state index is 12.5. The molecule has 122 valence electrons. The lowest BCUT2D eigenvalue weighted by molar-refractivity contribution is -0.186. The highest BCUT2D eigenvalue weighted by atomic mass is 16.5. The van der Waals surface area contributed by atoms with E-state index in [1.807, 2.05) is 65.0 Å². The van der Waals surface area contributed by atoms with Gasteiger partial charge in [0, 0.05) is 17.8 Å². The molecule has 0 unspecified atom stereocenters. The van der Waals surface area contributed by atoms with Crippen LogP contribution >= 0.6 is 0 Å². The minimum atomic E-state index is -0.981. The molecule has 0 radical (unpaired) electrons. The molecule has 0 heterocycles. The Kier molecular flexibility index (Phi) is 5.08. The number of hydrogen-bond acceptors (Lipinski definition) is 3. The summed E-state index contributed by atoms with van der Waals surface area (Å²) in [6.45, 7) is 9.71. The van der Waals surface area contributed by atoms with Crippen LogP contribution in [-0.4, -0.2) is 22.6 Å². The molecule has 1 aromatic carbocycles. The van der Waals surface area contributed by atoms with Gasteiger partial charge in [-0.3, -0.25) is 4.79 Å². The molecule has 1 saturated carbocycles. The van der Waals surface area contributed by atoms with Gasteiger partial charge >= 0.3 is 0 Å². The van der Waals surface area contributed by atoms with Crippen LogP contribution in [0.25, 0.3) is 0 Å². The van der Waals surface area contributed by atoms with Crippen LogP contribution in [0.15, 0.2) is 30.3 Å². The third kappa shape index (κ3) is 2.84. The zero-order chi connectivity index (χ0) is 16.5. The van der Waals surface area contributed by atoms with E-state index in [1.165, 1.54) is 0 Å². The molecular formula is C19H28O3. The summed E-state index contributed by atoms with van der Waals surface area (Å²) in [6.07, 6.45) is 0.204. The van der Waals surface area contributed by atoms with Crippen molar-refractivity contribution in [3.05, 3.63) is 35.9 Å². The van der Waals surface area contributed by atoms with Crippen LogP contribution in [0.5, 0.6) is 0 Å². The Morgan fingerprint density at radius 3 is 2.36 bits per heavy atom. The zero-order valence-corrected chi connectivity index (χ0v) is 14.2. The van der Waals surface area contributed by atoms with Crippen LogP contribution < -0.4 is 0 Å². The first-order valence-electron chi connectivity index (χ1n) is 8.29. The van der Waals surface area contributed by atoms with Gasteiger partial charge in [-0.05, 0) is 18.9 Å². The molecule has 6 atom stereocenters. The third-order valence-electron chi connectivity index (χ3n) is 5.60. The predicted molar refractivity (Wildman–Crippen MR) is 87.5 cm³/mol. The average molecular weight is 304 g/mol. The number of aliphatic hydroxyl groups is 1. The molecule has 0 aromatic heterocycles. The summed E-state index contributed by atoms with van der Waals surface area (Å²) in [5, 5.41) is 11.0. The number of Topliss-reactive ketones (excluding diaryl/α,β-unsaturated/α-hetero) is 1. The van der Waals surface area contributed by atoms with E-state index in [0.717, 1.165) is 5.56 Å². The Bertz CT molecular complexity index is 513. The van der Waals surface area contributed by atoms with E-state index < -0.39 is 5.60 Å². The molecule has 0 bridgehead atoms. The second kappa shape index (κ2) is 6.51. The fraction of sp³-hybridized carbons (Fsp3) is 0.632. The van der Waals surface area contributed by atoms with Gasteiger partial charge in [0.05, 0.1) is 17.8 Å². The number of carbonyl (C=O) groups is 1. The van der Waals surface area contributed by atoms with Crippen molar-refractivity contribution < 1.29 is 14.6 Å². The largest absolute Gasteiger partial charge is 0.389 e. The number of carbonyl (C=O) groups excluding carboxylic acids is 1. The molecule has 0 amide bonds. The first-order chi connectivity index (χ1) is 10.3. The summed E-state index contributed by atoms with van der Waals surface area (Å²) in [7, 11) is 0. The van der Waals surface area contributed by atoms with E-state index in [4.69, 9.17) is 4.74 Å². The molecule has 1 aromatic rings. The Balaban J connectivity index is 2.23. The number of hydrogen-bond donors (Lipinski definition) is 1. The quantitative estimate of drug-likeness (QED) is 0.921. The molecule has 0 aliphatic heterocycles. The summed E-state index contributed by atoms with van der Waals surface area (Å²) < 4.78 is 6.24. The smallest absolute Gasteiger partial charge is 0.143 e. The Hall–Kier alpha value is -1.19. The fourth-order valence-electron chi connectivity index (χ4n) is 3.82. The van der Waals surface area contributed by atoms with Gasteiger partial charge in [0.15, 0.2) is 0 Å². The SMILES string of the molecule is CC[C@]1(O)[C@H](C)C(=O)[C@@H](C)[C@@H](O[C@@H](C)c2ccccc2)[C@@H]1C. The van der Waals surface area contributed by atoms with Gasteiger partial charge in [-0.2, -0.15) is 0 Å². The van der Waals surface area contributed by atoms with Gasteiger partial charge in [0.1, 0.15) is 5.78 Å². The second-order valence-electron chi connectivity index (χ2n) is 6.70. The molecule has 1 fully saturated rings. The van der Waals surface area contributed by atoms with E-state index in [9.17, 15) is 9.90 Å². The molecular weight excluding hydrogens is 276 g/mol. The van der Waals surface area contributed by atoms with Crippen LogP contribution in [0.1, 0.15) is 52.7 Å². The highest BCUT2D eigenvalue weighted by Gasteiger charge is 2.53. The van der Waals surface area contributed by atoms with Crippen molar-refractivity contribution in [2.24, 2.45) is 17.8 Å². The van der Waals surface area contributed by atoms with Crippen molar-refractivity contribution in [2.75, 3.05) is 0 Å². The zero-order valence-electron chi connectivity index (χ0n) is 14.2. The topological polar surface area (TPSA) is 46.5 Å². The van der Waals surface area contributed by atoms with Crippen molar-refractivity contribution in [2.45, 2.75) is 58.8 Å². The van der Waals surface area contributed by atoms with Crippen LogP contribution in [0.3, 0.4) is 0 Å². The lowest BCUT2D eigenvalue weighted by atomic mass is 9.63. The fourth-order valence-corrected chi connectivity index (χ4v) is 3.82. The number of ether oxygens (including phenoxy) is 1. The Morgan fingerprint density at radius 2 is 1.82 bits per heavy atom. The van der Waals surface area contributed by atoms with Gasteiger partial charge in [-0.15, -0.1) is 0 Å². The molecule has 1 N–H and O–H groups in total. The number of benzene rings is 1. The van der Waals surface area contributed by atoms with Crippen molar-refractivity contribution in [3.63, 3.8) is 0 Å². The molecule has 1 aliphatic carbocycles. The van der Waals surface area contributed by atoms with E-state index in [2.05, 4.69) is 0 Å². The maximum absolute atomic E-state index is 12.5. The first-order valence-corrected chi connectivity index (χ1v) is 8.29. The lowest BCUT2D eigenvalue weighted by Crippen LogP contribution is -2.59. The van der Waals surface area contributed by atoms with Crippen molar-refractivity contribution in [3.8, 4) is 0 Å². The summed E-state index contributed by atoms with van der Waals surface area (Å²) >= 11 is 0. The Labute approximate surface area is 133 Å². The normalized spacial score (nSPS) is 37.1. The highest BCUT2D eigenvalue weighted by Crippen LogP contribution is 2.43. The number of rotatable bonds is 4. The summed E-state index contributed by atoms with van der Waals surface area (Å²) in [4.78, 5) is 12.5. The van der Waals surface area contributed by atoms with Crippen LogP contribution in [-0.2, 0) is 9.53 Å². The molecule has 2 rings (SSSR count). The molecule has 0 spiro atoms. The second-order valence-corrected chi connectivity index (χ2v) is 6.70. The van der Waals surface area contributed by atoms with Gasteiger partial charge in [0.25, 0.3) is 0 Å². The molecule has 0 saturated heterocycles. The first kappa shape index (κ1) is 17.2. The highest BCUT2D eigenvalue weighted by molar-refractivity contribution is 5.85. The van der Waals surface area contributed by atoms with Crippen molar-refractivity contribution >= 4 is 5.78 Å². The van der Waals surface area contributed by atoms with E-state index in [0.29, 0.717) is 6.42 Å². The molecule has 1 aliphatic rings. The number of ketones is 1. The predicted octanol–water partition coefficient (Wildman–Crippen LogP) is 3.76. The van der Waals surface area contributed by atoms with Gasteiger partial charge in [-0.1, -0.05) is 58.0 Å². The standard InChI is InChI=1S/C19H28O3/c1-6-19(21)13(3)17(20)12(2)18(14(19)4)22-15(5)16-10-8-7-9-11-16/h7-15,18,21H,6H2,1-5H3/t12-,13-,14+,15+,18-,19+/m1/s1.